The molecule has 0 aromatic rings. The summed E-state index contributed by atoms with van der Waals surface area (Å²) in [6.45, 7) is 9.69. The molecule has 9 heteroatoms. The topological polar surface area (TPSA) is 105 Å². The molecule has 0 amide bonds. The predicted octanol–water partition coefficient (Wildman–Crippen LogP) is -1.01. The fourth-order valence-electron chi connectivity index (χ4n) is 3.07. The number of carbonyl (C=O) groups excluding carboxylic acids is 1. The molecule has 0 aliphatic carbocycles. The van der Waals surface area contributed by atoms with Crippen LogP contribution in [-0.4, -0.2) is 126 Å². The minimum Gasteiger partial charge on any atom is -0.480 e. The summed E-state index contributed by atoms with van der Waals surface area (Å²) < 4.78 is 0. The molecule has 0 bridgehead atoms. The van der Waals surface area contributed by atoms with Gasteiger partial charge in [-0.15, -0.1) is 0 Å². The molecule has 0 atom stereocenters. The smallest absolute Gasteiger partial charge is 0.317 e. The first-order valence-corrected chi connectivity index (χ1v) is 9.12. The fourth-order valence-corrected chi connectivity index (χ4v) is 3.07. The van der Waals surface area contributed by atoms with Crippen LogP contribution < -0.4 is 0 Å². The second kappa shape index (κ2) is 11.9. The zero-order valence-electron chi connectivity index (χ0n) is 15.9. The lowest BCUT2D eigenvalue weighted by molar-refractivity contribution is -0.139. The molecule has 1 saturated heterocycles. The summed E-state index contributed by atoms with van der Waals surface area (Å²) in [6, 6.07) is 0. The van der Waals surface area contributed by atoms with Gasteiger partial charge in [0.2, 0.25) is 0 Å². The van der Waals surface area contributed by atoms with Crippen molar-refractivity contribution < 1.29 is 24.6 Å². The Morgan fingerprint density at radius 3 is 1.23 bits per heavy atom. The highest BCUT2D eigenvalue weighted by Crippen LogP contribution is 2.01. The Morgan fingerprint density at radius 1 is 0.654 bits per heavy atom. The molecule has 1 rings (SSSR count). The maximum absolute atomic E-state index is 11.5. The Kier molecular flexibility index (Phi) is 10.3. The Bertz CT molecular complexity index is 442. The molecular formula is C17H32N4O5. The molecule has 0 aromatic heterocycles. The van der Waals surface area contributed by atoms with E-state index in [1.807, 2.05) is 21.6 Å². The van der Waals surface area contributed by atoms with E-state index in [-0.39, 0.29) is 18.9 Å². The summed E-state index contributed by atoms with van der Waals surface area (Å²) in [5, 5.41) is 18.2. The van der Waals surface area contributed by atoms with Gasteiger partial charge in [-0.05, 0) is 13.5 Å². The van der Waals surface area contributed by atoms with Crippen molar-refractivity contribution in [1.82, 2.24) is 19.6 Å². The van der Waals surface area contributed by atoms with Gasteiger partial charge >= 0.3 is 11.9 Å². The largest absolute Gasteiger partial charge is 0.480 e. The number of Topliss-reactive ketones (excluding diaryl/α,β-unsaturated/α-hetero) is 1. The average molecular weight is 372 g/mol. The number of carboxylic acid groups (broad SMARTS) is 2. The van der Waals surface area contributed by atoms with Crippen LogP contribution in [0.3, 0.4) is 0 Å². The first kappa shape index (κ1) is 22.5. The highest BCUT2D eigenvalue weighted by Gasteiger charge is 2.18. The van der Waals surface area contributed by atoms with Crippen LogP contribution in [0.2, 0.25) is 0 Å². The van der Waals surface area contributed by atoms with Crippen LogP contribution in [0.4, 0.5) is 0 Å². The Morgan fingerprint density at radius 2 is 0.962 bits per heavy atom. The van der Waals surface area contributed by atoms with Crippen LogP contribution >= 0.6 is 0 Å². The van der Waals surface area contributed by atoms with Crippen molar-refractivity contribution in [2.24, 2.45) is 0 Å². The van der Waals surface area contributed by atoms with E-state index in [1.165, 1.54) is 6.92 Å². The number of nitrogens with zero attached hydrogens (tertiary/aromatic N) is 4. The minimum atomic E-state index is -0.856. The SMILES string of the molecule is CCN1CCN(CC(=O)O)CCN(CC(C)=O)CCN(CC(=O)O)CC1. The van der Waals surface area contributed by atoms with Gasteiger partial charge in [0.05, 0.1) is 19.6 Å². The van der Waals surface area contributed by atoms with Gasteiger partial charge in [-0.25, -0.2) is 0 Å². The highest BCUT2D eigenvalue weighted by molar-refractivity contribution is 5.77. The second-order valence-electron chi connectivity index (χ2n) is 6.75. The van der Waals surface area contributed by atoms with Crippen LogP contribution in [-0.2, 0) is 14.4 Å². The van der Waals surface area contributed by atoms with Gasteiger partial charge in [-0.3, -0.25) is 29.1 Å². The molecule has 0 saturated carbocycles. The maximum atomic E-state index is 11.5. The Balaban J connectivity index is 2.82. The van der Waals surface area contributed by atoms with Gasteiger partial charge in [0.25, 0.3) is 0 Å². The van der Waals surface area contributed by atoms with E-state index in [9.17, 15) is 14.4 Å². The number of hydrogen-bond acceptors (Lipinski definition) is 7. The number of hydrogen-bond donors (Lipinski definition) is 2. The summed E-state index contributed by atoms with van der Waals surface area (Å²) in [7, 11) is 0. The third kappa shape index (κ3) is 9.81. The van der Waals surface area contributed by atoms with E-state index in [1.54, 1.807) is 0 Å². The van der Waals surface area contributed by atoms with Crippen LogP contribution in [0.5, 0.6) is 0 Å². The van der Waals surface area contributed by atoms with Crippen molar-refractivity contribution >= 4 is 17.7 Å². The maximum Gasteiger partial charge on any atom is 0.317 e. The van der Waals surface area contributed by atoms with Crippen LogP contribution in [0.1, 0.15) is 13.8 Å². The quantitative estimate of drug-likeness (QED) is 0.581. The lowest BCUT2D eigenvalue weighted by Gasteiger charge is -2.32. The third-order valence-corrected chi connectivity index (χ3v) is 4.54. The summed E-state index contributed by atoms with van der Waals surface area (Å²) in [5.74, 6) is -1.67. The fraction of sp³-hybridized carbons (Fsp3) is 0.824. The van der Waals surface area contributed by atoms with Gasteiger partial charge in [-0.1, -0.05) is 6.92 Å². The number of carbonyl (C=O) groups is 3. The van der Waals surface area contributed by atoms with Gasteiger partial charge in [0, 0.05) is 52.4 Å². The predicted molar refractivity (Wildman–Crippen MR) is 97.4 cm³/mol. The Labute approximate surface area is 155 Å². The molecule has 150 valence electrons. The number of ketones is 1. The third-order valence-electron chi connectivity index (χ3n) is 4.54. The van der Waals surface area contributed by atoms with Crippen LogP contribution in [0.15, 0.2) is 0 Å². The molecule has 1 aliphatic rings. The van der Waals surface area contributed by atoms with E-state index in [0.29, 0.717) is 45.8 Å². The molecule has 2 N–H and O–H groups in total. The van der Waals surface area contributed by atoms with Gasteiger partial charge in [-0.2, -0.15) is 0 Å². The zero-order chi connectivity index (χ0) is 19.5. The van der Waals surface area contributed by atoms with Crippen molar-refractivity contribution in [2.45, 2.75) is 13.8 Å². The van der Waals surface area contributed by atoms with Crippen molar-refractivity contribution in [3.63, 3.8) is 0 Å². The highest BCUT2D eigenvalue weighted by atomic mass is 16.4. The first-order chi connectivity index (χ1) is 12.3. The molecule has 26 heavy (non-hydrogen) atoms. The molecule has 9 nitrogen and oxygen atoms in total. The first-order valence-electron chi connectivity index (χ1n) is 9.12. The normalized spacial score (nSPS) is 20.2. The molecular weight excluding hydrogens is 340 g/mol. The Hall–Kier alpha value is -1.55. The van der Waals surface area contributed by atoms with Crippen LogP contribution in [0.25, 0.3) is 0 Å². The lowest BCUT2D eigenvalue weighted by Crippen LogP contribution is -2.48. The monoisotopic (exact) mass is 372 g/mol. The van der Waals surface area contributed by atoms with Crippen molar-refractivity contribution in [3.8, 4) is 0 Å². The molecule has 0 spiro atoms. The van der Waals surface area contributed by atoms with Crippen molar-refractivity contribution in [2.75, 3.05) is 78.5 Å². The van der Waals surface area contributed by atoms with Gasteiger partial charge < -0.3 is 15.1 Å². The van der Waals surface area contributed by atoms with E-state index in [2.05, 4.69) is 4.90 Å². The number of likely N-dealkylation sites (N-methyl/N-ethyl adjacent to an activating group) is 1. The van der Waals surface area contributed by atoms with Gasteiger partial charge in [0.15, 0.2) is 0 Å². The summed E-state index contributed by atoms with van der Waals surface area (Å²) in [5.41, 5.74) is 0. The standard InChI is InChI=1S/C17H32N4O5/c1-3-18-4-6-20(13-16(23)24)10-8-19(12-15(2)22)9-11-21(7-5-18)14-17(25)26/h3-14H2,1-2H3,(H,23,24)(H,25,26). The number of rotatable bonds is 7. The van der Waals surface area contributed by atoms with Crippen molar-refractivity contribution in [1.29, 1.82) is 0 Å². The van der Waals surface area contributed by atoms with Crippen molar-refractivity contribution in [3.05, 3.63) is 0 Å². The lowest BCUT2D eigenvalue weighted by atomic mass is 10.3. The second-order valence-corrected chi connectivity index (χ2v) is 6.75. The molecule has 1 heterocycles. The summed E-state index contributed by atoms with van der Waals surface area (Å²) in [6.07, 6.45) is 0. The van der Waals surface area contributed by atoms with E-state index >= 15 is 0 Å². The number of carboxylic acids is 2. The molecule has 1 fully saturated rings. The zero-order valence-corrected chi connectivity index (χ0v) is 15.9. The molecule has 0 aromatic carbocycles. The number of aliphatic carboxylic acids is 2. The summed E-state index contributed by atoms with van der Waals surface area (Å²) >= 11 is 0. The van der Waals surface area contributed by atoms with E-state index < -0.39 is 11.9 Å². The van der Waals surface area contributed by atoms with Crippen LogP contribution in [0, 0.1) is 0 Å². The molecule has 0 unspecified atom stereocenters. The summed E-state index contributed by atoms with van der Waals surface area (Å²) in [4.78, 5) is 41.7. The van der Waals surface area contributed by atoms with Gasteiger partial charge in [0.1, 0.15) is 5.78 Å². The minimum absolute atomic E-state index is 0.0173. The molecule has 0 radical (unpaired) electrons. The van der Waals surface area contributed by atoms with E-state index in [4.69, 9.17) is 10.2 Å². The molecule has 1 aliphatic heterocycles. The van der Waals surface area contributed by atoms with E-state index in [0.717, 1.165) is 19.6 Å². The average Bonchev–Trinajstić information content (AvgIpc) is 2.53.